The van der Waals surface area contributed by atoms with E-state index >= 15 is 0 Å². The third-order valence-corrected chi connectivity index (χ3v) is 2.23. The summed E-state index contributed by atoms with van der Waals surface area (Å²) in [4.78, 5) is 0. The third kappa shape index (κ3) is 2.13. The van der Waals surface area contributed by atoms with Gasteiger partial charge in [0.15, 0.2) is 0 Å². The minimum Gasteiger partial charge on any atom is -0.0820 e. The molecule has 0 saturated carbocycles. The van der Waals surface area contributed by atoms with Gasteiger partial charge in [-0.15, -0.1) is 0 Å². The molecule has 0 bridgehead atoms. The lowest BCUT2D eigenvalue weighted by atomic mass is 9.50. The van der Waals surface area contributed by atoms with Crippen LogP contribution in [0.25, 0.3) is 0 Å². The van der Waals surface area contributed by atoms with Crippen molar-refractivity contribution < 1.29 is 0 Å². The summed E-state index contributed by atoms with van der Waals surface area (Å²) in [5.41, 5.74) is 1.40. The minimum atomic E-state index is 0.218. The van der Waals surface area contributed by atoms with Crippen LogP contribution in [0.4, 0.5) is 0 Å². The Morgan fingerprint density at radius 2 is 1.75 bits per heavy atom. The summed E-state index contributed by atoms with van der Waals surface area (Å²) in [6.45, 7) is 6.70. The van der Waals surface area contributed by atoms with Crippen molar-refractivity contribution in [3.63, 3.8) is 0 Å². The van der Waals surface area contributed by atoms with Crippen LogP contribution in [0, 0.1) is 0 Å². The first-order valence-corrected chi connectivity index (χ1v) is 4.56. The highest BCUT2D eigenvalue weighted by molar-refractivity contribution is 6.39. The van der Waals surface area contributed by atoms with Gasteiger partial charge in [0.25, 0.3) is 0 Å². The van der Waals surface area contributed by atoms with Gasteiger partial charge in [-0.05, 0) is 5.31 Å². The molecule has 1 aromatic carbocycles. The van der Waals surface area contributed by atoms with Crippen molar-refractivity contribution in [2.45, 2.75) is 32.4 Å². The van der Waals surface area contributed by atoms with Crippen LogP contribution >= 0.6 is 0 Å². The van der Waals surface area contributed by atoms with Gasteiger partial charge in [-0.25, -0.2) is 0 Å². The smallest absolute Gasteiger partial charge is 0.0820 e. The van der Waals surface area contributed by atoms with Gasteiger partial charge in [-0.2, -0.15) is 0 Å². The van der Waals surface area contributed by atoms with E-state index in [0.717, 1.165) is 6.32 Å². The molecule has 0 heterocycles. The summed E-state index contributed by atoms with van der Waals surface area (Å²) in [7, 11) is 2.35. The van der Waals surface area contributed by atoms with Crippen molar-refractivity contribution in [2.24, 2.45) is 0 Å². The lowest BCUT2D eigenvalue weighted by Gasteiger charge is -2.23. The van der Waals surface area contributed by atoms with E-state index in [1.165, 1.54) is 5.56 Å². The van der Waals surface area contributed by atoms with Crippen molar-refractivity contribution in [1.29, 1.82) is 0 Å². The van der Waals surface area contributed by atoms with E-state index in [-0.39, 0.29) is 5.31 Å². The van der Waals surface area contributed by atoms with Crippen LogP contribution in [-0.2, 0) is 5.31 Å². The second kappa shape index (κ2) is 3.80. The molecule has 0 aromatic heterocycles. The Morgan fingerprint density at radius 1 is 1.17 bits per heavy atom. The maximum Gasteiger partial charge on any atom is 0.122 e. The van der Waals surface area contributed by atoms with Gasteiger partial charge in [0.1, 0.15) is 7.28 Å². The highest BCUT2D eigenvalue weighted by Crippen LogP contribution is 2.21. The van der Waals surface area contributed by atoms with Crippen LogP contribution in [0.15, 0.2) is 30.3 Å². The second-order valence-electron chi connectivity index (χ2n) is 3.70. The highest BCUT2D eigenvalue weighted by Gasteiger charge is 2.19. The summed E-state index contributed by atoms with van der Waals surface area (Å²) in [5, 5.41) is 0.218. The molecule has 0 amide bonds. The van der Waals surface area contributed by atoms with Gasteiger partial charge in [0, 0.05) is 0 Å². The zero-order valence-corrected chi connectivity index (χ0v) is 8.17. The van der Waals surface area contributed by atoms with E-state index in [2.05, 4.69) is 58.4 Å². The molecule has 0 atom stereocenters. The molecule has 0 N–H and O–H groups in total. The summed E-state index contributed by atoms with van der Waals surface area (Å²) < 4.78 is 0. The monoisotopic (exact) mass is 159 g/mol. The Bertz CT molecular complexity index is 226. The van der Waals surface area contributed by atoms with Crippen LogP contribution in [0.2, 0.25) is 6.32 Å². The van der Waals surface area contributed by atoms with Gasteiger partial charge in [-0.1, -0.05) is 63.0 Å². The fourth-order valence-electron chi connectivity index (χ4n) is 1.50. The molecular weight excluding hydrogens is 143 g/mol. The Kier molecular flexibility index (Phi) is 2.96. The average molecular weight is 159 g/mol. The van der Waals surface area contributed by atoms with Crippen molar-refractivity contribution in [2.75, 3.05) is 0 Å². The maximum absolute atomic E-state index is 2.35. The fourth-order valence-corrected chi connectivity index (χ4v) is 1.50. The molecule has 0 aliphatic rings. The molecule has 0 spiro atoms. The molecule has 1 radical (unpaired) electrons. The standard InChI is InChI=1S/C11H16B/c1-4-12-11(2,3)10-8-6-5-7-9-10/h5-9H,4H2,1-3H3. The molecule has 1 rings (SSSR count). The third-order valence-electron chi connectivity index (χ3n) is 2.23. The lowest BCUT2D eigenvalue weighted by Crippen LogP contribution is -2.24. The number of rotatable bonds is 3. The zero-order chi connectivity index (χ0) is 9.03. The summed E-state index contributed by atoms with van der Waals surface area (Å²) >= 11 is 0. The fraction of sp³-hybridized carbons (Fsp3) is 0.455. The van der Waals surface area contributed by atoms with Crippen molar-refractivity contribution in [3.05, 3.63) is 35.9 Å². The van der Waals surface area contributed by atoms with Gasteiger partial charge in [-0.3, -0.25) is 0 Å². The van der Waals surface area contributed by atoms with Gasteiger partial charge < -0.3 is 0 Å². The summed E-state index contributed by atoms with van der Waals surface area (Å²) in [5.74, 6) is 0. The normalized spacial score (nSPS) is 11.2. The topological polar surface area (TPSA) is 0 Å². The molecule has 12 heavy (non-hydrogen) atoms. The van der Waals surface area contributed by atoms with Crippen LogP contribution in [0.5, 0.6) is 0 Å². The average Bonchev–Trinajstić information content (AvgIpc) is 2.06. The Morgan fingerprint density at radius 3 is 2.25 bits per heavy atom. The molecule has 0 unspecified atom stereocenters. The summed E-state index contributed by atoms with van der Waals surface area (Å²) in [6, 6.07) is 10.6. The van der Waals surface area contributed by atoms with Gasteiger partial charge >= 0.3 is 0 Å². The van der Waals surface area contributed by atoms with Crippen molar-refractivity contribution in [1.82, 2.24) is 0 Å². The van der Waals surface area contributed by atoms with Gasteiger partial charge in [0.2, 0.25) is 0 Å². The van der Waals surface area contributed by atoms with Crippen LogP contribution in [0.3, 0.4) is 0 Å². The van der Waals surface area contributed by atoms with E-state index in [1.54, 1.807) is 0 Å². The Labute approximate surface area is 76.2 Å². The predicted octanol–water partition coefficient (Wildman–Crippen LogP) is 3.06. The first kappa shape index (κ1) is 9.37. The molecule has 1 aromatic rings. The molecular formula is C11H16B. The minimum absolute atomic E-state index is 0.218. The van der Waals surface area contributed by atoms with E-state index in [0.29, 0.717) is 0 Å². The summed E-state index contributed by atoms with van der Waals surface area (Å²) in [6.07, 6.45) is 1.13. The Hall–Kier alpha value is -0.715. The number of benzene rings is 1. The van der Waals surface area contributed by atoms with Crippen LogP contribution in [0.1, 0.15) is 26.3 Å². The first-order valence-electron chi connectivity index (χ1n) is 4.56. The zero-order valence-electron chi connectivity index (χ0n) is 8.17. The van der Waals surface area contributed by atoms with Crippen LogP contribution in [-0.4, -0.2) is 7.28 Å². The number of hydrogen-bond donors (Lipinski definition) is 0. The molecule has 0 aliphatic carbocycles. The van der Waals surface area contributed by atoms with E-state index in [1.807, 2.05) is 0 Å². The highest BCUT2D eigenvalue weighted by atomic mass is 14.1. The predicted molar refractivity (Wildman–Crippen MR) is 55.7 cm³/mol. The molecule has 0 nitrogen and oxygen atoms in total. The van der Waals surface area contributed by atoms with E-state index < -0.39 is 0 Å². The Balaban J connectivity index is 2.82. The van der Waals surface area contributed by atoms with Crippen molar-refractivity contribution in [3.8, 4) is 0 Å². The van der Waals surface area contributed by atoms with Gasteiger partial charge in [0.05, 0.1) is 0 Å². The van der Waals surface area contributed by atoms with E-state index in [4.69, 9.17) is 0 Å². The molecule has 0 fully saturated rings. The number of hydrogen-bond acceptors (Lipinski definition) is 0. The lowest BCUT2D eigenvalue weighted by molar-refractivity contribution is 0.747. The second-order valence-corrected chi connectivity index (χ2v) is 3.70. The van der Waals surface area contributed by atoms with E-state index in [9.17, 15) is 0 Å². The molecule has 0 aliphatic heterocycles. The molecule has 0 saturated heterocycles. The van der Waals surface area contributed by atoms with Crippen molar-refractivity contribution >= 4 is 7.28 Å². The SMILES string of the molecule is CC[B]C(C)(C)c1ccccc1. The first-order chi connectivity index (χ1) is 5.67. The largest absolute Gasteiger partial charge is 0.122 e. The molecule has 63 valence electrons. The quantitative estimate of drug-likeness (QED) is 0.594. The molecule has 1 heteroatoms. The maximum atomic E-state index is 2.35. The van der Waals surface area contributed by atoms with Crippen LogP contribution < -0.4 is 0 Å².